The lowest BCUT2D eigenvalue weighted by Gasteiger charge is -2.38. The van der Waals surface area contributed by atoms with E-state index >= 15 is 0 Å². The first kappa shape index (κ1) is 16.2. The predicted molar refractivity (Wildman–Crippen MR) is 78.1 cm³/mol. The van der Waals surface area contributed by atoms with Gasteiger partial charge in [-0.05, 0) is 44.8 Å². The van der Waals surface area contributed by atoms with Gasteiger partial charge < -0.3 is 15.0 Å². The molecule has 4 nitrogen and oxygen atoms in total. The largest absolute Gasteiger partial charge is 0.466 e. The van der Waals surface area contributed by atoms with Crippen LogP contribution in [0.1, 0.15) is 33.1 Å². The van der Waals surface area contributed by atoms with E-state index < -0.39 is 0 Å². The zero-order valence-electron chi connectivity index (χ0n) is 12.8. The highest BCUT2D eigenvalue weighted by Gasteiger charge is 2.28. The maximum absolute atomic E-state index is 11.4. The highest BCUT2D eigenvalue weighted by atomic mass is 16.5. The molecule has 110 valence electrons. The lowest BCUT2D eigenvalue weighted by Crippen LogP contribution is -2.42. The summed E-state index contributed by atoms with van der Waals surface area (Å²) in [4.78, 5) is 13.8. The molecule has 0 aromatic heterocycles. The number of esters is 1. The number of carbonyl (C=O) groups is 1. The van der Waals surface area contributed by atoms with Gasteiger partial charge in [0, 0.05) is 18.7 Å². The fraction of sp³-hybridized carbons (Fsp3) is 0.800. The van der Waals surface area contributed by atoms with Gasteiger partial charge >= 0.3 is 5.97 Å². The predicted octanol–water partition coefficient (Wildman–Crippen LogP) is 1.82. The lowest BCUT2D eigenvalue weighted by atomic mass is 9.80. The molecule has 1 aliphatic heterocycles. The number of nitrogens with zero attached hydrogens (tertiary/aromatic N) is 1. The molecular formula is C15H28N2O2. The summed E-state index contributed by atoms with van der Waals surface area (Å²) >= 11 is 0. The van der Waals surface area contributed by atoms with Crippen molar-refractivity contribution in [3.8, 4) is 0 Å². The van der Waals surface area contributed by atoms with Gasteiger partial charge in [-0.2, -0.15) is 0 Å². The van der Waals surface area contributed by atoms with Crippen molar-refractivity contribution in [2.45, 2.75) is 33.1 Å². The van der Waals surface area contributed by atoms with Crippen LogP contribution in [0.15, 0.2) is 11.6 Å². The van der Waals surface area contributed by atoms with Crippen LogP contribution in [0.4, 0.5) is 0 Å². The Kier molecular flexibility index (Phi) is 6.52. The van der Waals surface area contributed by atoms with Crippen LogP contribution in [-0.2, 0) is 9.53 Å². The Hall–Kier alpha value is -0.870. The molecule has 0 aromatic carbocycles. The molecule has 0 spiro atoms. The average Bonchev–Trinajstić information content (AvgIpc) is 2.42. The van der Waals surface area contributed by atoms with Gasteiger partial charge in [0.25, 0.3) is 0 Å². The molecular weight excluding hydrogens is 240 g/mol. The zero-order chi connectivity index (χ0) is 14.3. The molecule has 0 atom stereocenters. The fourth-order valence-corrected chi connectivity index (χ4v) is 2.41. The Balaban J connectivity index is 2.33. The van der Waals surface area contributed by atoms with Gasteiger partial charge in [-0.1, -0.05) is 19.9 Å². The van der Waals surface area contributed by atoms with Gasteiger partial charge in [0.2, 0.25) is 0 Å². The fourth-order valence-electron chi connectivity index (χ4n) is 2.41. The monoisotopic (exact) mass is 268 g/mol. The van der Waals surface area contributed by atoms with Crippen LogP contribution in [0, 0.1) is 5.41 Å². The summed E-state index contributed by atoms with van der Waals surface area (Å²) in [7, 11) is 3.61. The molecule has 0 aromatic rings. The second-order valence-corrected chi connectivity index (χ2v) is 5.82. The van der Waals surface area contributed by atoms with Crippen LogP contribution in [0.3, 0.4) is 0 Å². The van der Waals surface area contributed by atoms with Crippen molar-refractivity contribution >= 4 is 5.97 Å². The van der Waals surface area contributed by atoms with Gasteiger partial charge in [-0.15, -0.1) is 0 Å². The molecule has 0 bridgehead atoms. The van der Waals surface area contributed by atoms with Gasteiger partial charge in [-0.3, -0.25) is 0 Å². The van der Waals surface area contributed by atoms with E-state index in [1.165, 1.54) is 33.0 Å². The van der Waals surface area contributed by atoms with Crippen LogP contribution >= 0.6 is 0 Å². The number of rotatable bonds is 6. The van der Waals surface area contributed by atoms with Crippen LogP contribution in [0.2, 0.25) is 0 Å². The van der Waals surface area contributed by atoms with E-state index in [1.807, 2.05) is 13.0 Å². The van der Waals surface area contributed by atoms with Crippen LogP contribution in [0.5, 0.6) is 0 Å². The van der Waals surface area contributed by atoms with Crippen molar-refractivity contribution in [1.82, 2.24) is 10.2 Å². The van der Waals surface area contributed by atoms with Crippen LogP contribution in [-0.4, -0.2) is 51.2 Å². The van der Waals surface area contributed by atoms with E-state index in [2.05, 4.69) is 24.2 Å². The Labute approximate surface area is 117 Å². The molecule has 0 saturated carbocycles. The average molecular weight is 268 g/mol. The van der Waals surface area contributed by atoms with Crippen molar-refractivity contribution < 1.29 is 9.53 Å². The molecule has 1 fully saturated rings. The molecule has 1 aliphatic rings. The topological polar surface area (TPSA) is 41.6 Å². The third-order valence-electron chi connectivity index (χ3n) is 4.07. The highest BCUT2D eigenvalue weighted by molar-refractivity contribution is 5.88. The van der Waals surface area contributed by atoms with Crippen molar-refractivity contribution in [1.29, 1.82) is 0 Å². The van der Waals surface area contributed by atoms with Gasteiger partial charge in [0.15, 0.2) is 0 Å². The maximum atomic E-state index is 11.4. The van der Waals surface area contributed by atoms with Gasteiger partial charge in [0.05, 0.1) is 7.11 Å². The molecule has 0 amide bonds. The molecule has 19 heavy (non-hydrogen) atoms. The molecule has 0 aliphatic carbocycles. The Morgan fingerprint density at radius 3 is 2.58 bits per heavy atom. The number of likely N-dealkylation sites (tertiary alicyclic amines) is 1. The number of piperidine rings is 1. The van der Waals surface area contributed by atoms with E-state index in [4.69, 9.17) is 4.74 Å². The number of methoxy groups -OCH3 is 1. The normalized spacial score (nSPS) is 20.3. The minimum absolute atomic E-state index is 0.213. The number of hydrogen-bond acceptors (Lipinski definition) is 4. The number of hydrogen-bond donors (Lipinski definition) is 1. The van der Waals surface area contributed by atoms with E-state index in [0.717, 1.165) is 25.1 Å². The lowest BCUT2D eigenvalue weighted by molar-refractivity contribution is -0.136. The molecule has 1 N–H and O–H groups in total. The molecule has 1 rings (SSSR count). The van der Waals surface area contributed by atoms with E-state index in [1.54, 1.807) is 0 Å². The first-order chi connectivity index (χ1) is 9.00. The Bertz CT molecular complexity index is 318. The summed E-state index contributed by atoms with van der Waals surface area (Å²) in [6.45, 7) is 8.42. The maximum Gasteiger partial charge on any atom is 0.333 e. The molecule has 4 heteroatoms. The summed E-state index contributed by atoms with van der Waals surface area (Å²) in [5.74, 6) is -0.213. The highest BCUT2D eigenvalue weighted by Crippen LogP contribution is 2.29. The third-order valence-corrected chi connectivity index (χ3v) is 4.07. The zero-order valence-corrected chi connectivity index (χ0v) is 12.8. The smallest absolute Gasteiger partial charge is 0.333 e. The number of ether oxygens (including phenoxy) is 1. The molecule has 0 radical (unpaired) electrons. The standard InChI is InChI=1S/C15H28N2O2/c1-5-13(14(18)19-4)6-9-16-12-15(2)7-10-17(3)11-8-15/h6,16H,5,7-12H2,1-4H3. The first-order valence-electron chi connectivity index (χ1n) is 7.17. The molecule has 0 unspecified atom stereocenters. The van der Waals surface area contributed by atoms with Crippen molar-refractivity contribution in [2.75, 3.05) is 40.3 Å². The van der Waals surface area contributed by atoms with E-state index in [9.17, 15) is 4.79 Å². The second-order valence-electron chi connectivity index (χ2n) is 5.82. The van der Waals surface area contributed by atoms with Crippen molar-refractivity contribution in [3.05, 3.63) is 11.6 Å². The van der Waals surface area contributed by atoms with E-state index in [0.29, 0.717) is 5.41 Å². The quantitative estimate of drug-likeness (QED) is 0.453. The second kappa shape index (κ2) is 7.65. The van der Waals surface area contributed by atoms with Gasteiger partial charge in [0.1, 0.15) is 0 Å². The summed E-state index contributed by atoms with van der Waals surface area (Å²) in [5, 5.41) is 3.45. The summed E-state index contributed by atoms with van der Waals surface area (Å²) in [6, 6.07) is 0. The molecule has 1 saturated heterocycles. The van der Waals surface area contributed by atoms with Crippen molar-refractivity contribution in [3.63, 3.8) is 0 Å². The van der Waals surface area contributed by atoms with Crippen LogP contribution in [0.25, 0.3) is 0 Å². The summed E-state index contributed by atoms with van der Waals surface area (Å²) < 4.78 is 4.74. The number of nitrogens with one attached hydrogen (secondary N) is 1. The summed E-state index contributed by atoms with van der Waals surface area (Å²) in [5.41, 5.74) is 1.14. The number of carbonyl (C=O) groups excluding carboxylic acids is 1. The minimum atomic E-state index is -0.213. The Morgan fingerprint density at radius 1 is 1.42 bits per heavy atom. The minimum Gasteiger partial charge on any atom is -0.466 e. The molecule has 1 heterocycles. The van der Waals surface area contributed by atoms with E-state index in [-0.39, 0.29) is 5.97 Å². The van der Waals surface area contributed by atoms with Crippen LogP contribution < -0.4 is 5.32 Å². The Morgan fingerprint density at radius 2 is 2.05 bits per heavy atom. The van der Waals surface area contributed by atoms with Crippen molar-refractivity contribution in [2.24, 2.45) is 5.41 Å². The first-order valence-corrected chi connectivity index (χ1v) is 7.17. The SMILES string of the molecule is CCC(=CCNCC1(C)CCN(C)CC1)C(=O)OC. The van der Waals surface area contributed by atoms with Gasteiger partial charge in [-0.25, -0.2) is 4.79 Å². The summed E-state index contributed by atoms with van der Waals surface area (Å²) in [6.07, 6.45) is 5.14. The third kappa shape index (κ3) is 5.33.